The summed E-state index contributed by atoms with van der Waals surface area (Å²) in [4.78, 5) is 11.0. The van der Waals surface area contributed by atoms with Crippen LogP contribution in [0.3, 0.4) is 0 Å². The first-order chi connectivity index (χ1) is 10.4. The zero-order valence-corrected chi connectivity index (χ0v) is 11.1. The Morgan fingerprint density at radius 2 is 1.55 bits per heavy atom. The molecule has 0 bridgehead atoms. The molecule has 0 atom stereocenters. The standard InChI is InChI=1S/C14H9F4NO3/c1-21-14(20)19-12-3-2-7(4-9(12)15)22-8-5-10(16)13(18)11(17)6-8/h2-6H,1H3,(H,19,20). The van der Waals surface area contributed by atoms with Crippen molar-refractivity contribution >= 4 is 11.8 Å². The van der Waals surface area contributed by atoms with Crippen molar-refractivity contribution in [2.75, 3.05) is 12.4 Å². The van der Waals surface area contributed by atoms with Crippen molar-refractivity contribution in [1.29, 1.82) is 0 Å². The van der Waals surface area contributed by atoms with Gasteiger partial charge in [-0.1, -0.05) is 0 Å². The number of hydrogen-bond donors (Lipinski definition) is 1. The smallest absolute Gasteiger partial charge is 0.411 e. The van der Waals surface area contributed by atoms with Gasteiger partial charge in [-0.2, -0.15) is 0 Å². The topological polar surface area (TPSA) is 47.6 Å². The molecule has 1 N–H and O–H groups in total. The highest BCUT2D eigenvalue weighted by Gasteiger charge is 2.13. The van der Waals surface area contributed by atoms with Gasteiger partial charge in [-0.25, -0.2) is 22.4 Å². The van der Waals surface area contributed by atoms with Crippen molar-refractivity contribution in [3.8, 4) is 11.5 Å². The maximum Gasteiger partial charge on any atom is 0.411 e. The molecular formula is C14H9F4NO3. The van der Waals surface area contributed by atoms with Crippen LogP contribution in [0.15, 0.2) is 30.3 Å². The fourth-order valence-corrected chi connectivity index (χ4v) is 1.55. The molecule has 1 amide bonds. The molecule has 0 aliphatic rings. The molecule has 4 nitrogen and oxygen atoms in total. The number of nitrogens with one attached hydrogen (secondary N) is 1. The molecule has 0 aliphatic carbocycles. The van der Waals surface area contributed by atoms with Crippen molar-refractivity contribution in [3.63, 3.8) is 0 Å². The van der Waals surface area contributed by atoms with E-state index in [9.17, 15) is 22.4 Å². The molecule has 2 rings (SSSR count). The molecular weight excluding hydrogens is 306 g/mol. The summed E-state index contributed by atoms with van der Waals surface area (Å²) < 4.78 is 61.9. The second kappa shape index (κ2) is 6.33. The highest BCUT2D eigenvalue weighted by molar-refractivity contribution is 5.84. The van der Waals surface area contributed by atoms with Crippen molar-refractivity contribution < 1.29 is 31.8 Å². The summed E-state index contributed by atoms with van der Waals surface area (Å²) in [5, 5.41) is 2.12. The Morgan fingerprint density at radius 3 is 2.09 bits per heavy atom. The van der Waals surface area contributed by atoms with Crippen LogP contribution in [0.4, 0.5) is 28.0 Å². The molecule has 0 aromatic heterocycles. The molecule has 8 heteroatoms. The zero-order chi connectivity index (χ0) is 16.3. The molecule has 2 aromatic rings. The van der Waals surface area contributed by atoms with Crippen LogP contribution in [0.5, 0.6) is 11.5 Å². The minimum absolute atomic E-state index is 0.0988. The van der Waals surface area contributed by atoms with E-state index in [0.717, 1.165) is 19.2 Å². The lowest BCUT2D eigenvalue weighted by molar-refractivity contribution is 0.186. The monoisotopic (exact) mass is 315 g/mol. The molecule has 0 fully saturated rings. The van der Waals surface area contributed by atoms with Crippen LogP contribution in [0.1, 0.15) is 0 Å². The van der Waals surface area contributed by atoms with E-state index >= 15 is 0 Å². The Bertz CT molecular complexity index is 698. The lowest BCUT2D eigenvalue weighted by atomic mass is 10.2. The van der Waals surface area contributed by atoms with Gasteiger partial charge in [0.2, 0.25) is 0 Å². The number of hydrogen-bond acceptors (Lipinski definition) is 3. The number of benzene rings is 2. The average Bonchev–Trinajstić information content (AvgIpc) is 2.47. The van der Waals surface area contributed by atoms with Gasteiger partial charge < -0.3 is 9.47 Å². The largest absolute Gasteiger partial charge is 0.457 e. The first-order valence-electron chi connectivity index (χ1n) is 5.87. The van der Waals surface area contributed by atoms with Crippen LogP contribution < -0.4 is 10.1 Å². The third-order valence-electron chi connectivity index (χ3n) is 2.56. The van der Waals surface area contributed by atoms with Crippen molar-refractivity contribution in [3.05, 3.63) is 53.6 Å². The molecule has 0 saturated carbocycles. The van der Waals surface area contributed by atoms with Gasteiger partial charge in [0.25, 0.3) is 0 Å². The third-order valence-corrected chi connectivity index (χ3v) is 2.56. The van der Waals surface area contributed by atoms with Crippen molar-refractivity contribution in [2.45, 2.75) is 0 Å². The van der Waals surface area contributed by atoms with Gasteiger partial charge in [0.15, 0.2) is 23.3 Å². The lowest BCUT2D eigenvalue weighted by Gasteiger charge is -2.09. The van der Waals surface area contributed by atoms with E-state index in [1.54, 1.807) is 0 Å². The molecule has 116 valence electrons. The highest BCUT2D eigenvalue weighted by Crippen LogP contribution is 2.27. The summed E-state index contributed by atoms with van der Waals surface area (Å²) in [7, 11) is 1.11. The first kappa shape index (κ1) is 15.6. The summed E-state index contributed by atoms with van der Waals surface area (Å²) in [6.45, 7) is 0. The zero-order valence-electron chi connectivity index (χ0n) is 11.1. The summed E-state index contributed by atoms with van der Waals surface area (Å²) in [5.41, 5.74) is -0.171. The third kappa shape index (κ3) is 3.46. The molecule has 2 aromatic carbocycles. The summed E-state index contributed by atoms with van der Waals surface area (Å²) in [6, 6.07) is 4.53. The average molecular weight is 315 g/mol. The Hall–Kier alpha value is -2.77. The van der Waals surface area contributed by atoms with Crippen LogP contribution in [0, 0.1) is 23.3 Å². The van der Waals surface area contributed by atoms with Gasteiger partial charge in [-0.3, -0.25) is 5.32 Å². The van der Waals surface area contributed by atoms with Crippen molar-refractivity contribution in [2.24, 2.45) is 0 Å². The van der Waals surface area contributed by atoms with Crippen LogP contribution in [-0.2, 0) is 4.74 Å². The Balaban J connectivity index is 2.21. The number of methoxy groups -OCH3 is 1. The van der Waals surface area contributed by atoms with Gasteiger partial charge in [0.1, 0.15) is 11.5 Å². The van der Waals surface area contributed by atoms with Crippen LogP contribution in [0.25, 0.3) is 0 Å². The number of amides is 1. The van der Waals surface area contributed by atoms with E-state index in [0.29, 0.717) is 12.1 Å². The summed E-state index contributed by atoms with van der Waals surface area (Å²) in [5.74, 6) is -5.79. The fourth-order valence-electron chi connectivity index (χ4n) is 1.55. The Labute approximate surface area is 122 Å². The van der Waals surface area contributed by atoms with E-state index in [2.05, 4.69) is 10.1 Å². The van der Waals surface area contributed by atoms with Gasteiger partial charge in [-0.05, 0) is 12.1 Å². The number of carbonyl (C=O) groups excluding carboxylic acids is 1. The van der Waals surface area contributed by atoms with Crippen LogP contribution >= 0.6 is 0 Å². The van der Waals surface area contributed by atoms with E-state index in [1.807, 2.05) is 0 Å². The lowest BCUT2D eigenvalue weighted by Crippen LogP contribution is -2.12. The molecule has 0 saturated heterocycles. The van der Waals surface area contributed by atoms with Gasteiger partial charge in [0.05, 0.1) is 12.8 Å². The first-order valence-corrected chi connectivity index (χ1v) is 5.87. The highest BCUT2D eigenvalue weighted by atomic mass is 19.2. The maximum atomic E-state index is 13.7. The molecule has 0 spiro atoms. The number of ether oxygens (including phenoxy) is 2. The predicted molar refractivity (Wildman–Crippen MR) is 68.8 cm³/mol. The van der Waals surface area contributed by atoms with Gasteiger partial charge in [-0.15, -0.1) is 0 Å². The minimum Gasteiger partial charge on any atom is -0.457 e. The number of rotatable bonds is 3. The van der Waals surface area contributed by atoms with E-state index in [1.165, 1.54) is 6.07 Å². The summed E-state index contributed by atoms with van der Waals surface area (Å²) >= 11 is 0. The summed E-state index contributed by atoms with van der Waals surface area (Å²) in [6.07, 6.45) is -0.866. The predicted octanol–water partition coefficient (Wildman–Crippen LogP) is 4.21. The second-order valence-corrected chi connectivity index (χ2v) is 4.06. The van der Waals surface area contributed by atoms with E-state index in [4.69, 9.17) is 4.74 Å². The SMILES string of the molecule is COC(=O)Nc1ccc(Oc2cc(F)c(F)c(F)c2)cc1F. The number of anilines is 1. The molecule has 0 radical (unpaired) electrons. The van der Waals surface area contributed by atoms with E-state index < -0.39 is 29.4 Å². The van der Waals surface area contributed by atoms with Gasteiger partial charge >= 0.3 is 6.09 Å². The number of carbonyl (C=O) groups is 1. The molecule has 0 heterocycles. The second-order valence-electron chi connectivity index (χ2n) is 4.06. The van der Waals surface area contributed by atoms with Gasteiger partial charge in [0, 0.05) is 18.2 Å². The normalized spacial score (nSPS) is 10.2. The fraction of sp³-hybridized carbons (Fsp3) is 0.0714. The molecule has 22 heavy (non-hydrogen) atoms. The quantitative estimate of drug-likeness (QED) is 0.681. The molecule has 0 unspecified atom stereocenters. The number of halogens is 4. The van der Waals surface area contributed by atoms with Crippen LogP contribution in [-0.4, -0.2) is 13.2 Å². The van der Waals surface area contributed by atoms with Crippen LogP contribution in [0.2, 0.25) is 0 Å². The Morgan fingerprint density at radius 1 is 0.955 bits per heavy atom. The maximum absolute atomic E-state index is 13.7. The Kier molecular flexibility index (Phi) is 4.50. The molecule has 0 aliphatic heterocycles. The van der Waals surface area contributed by atoms with E-state index in [-0.39, 0.29) is 17.2 Å². The van der Waals surface area contributed by atoms with Crippen molar-refractivity contribution in [1.82, 2.24) is 0 Å². The minimum atomic E-state index is -1.63.